The molecule has 0 aliphatic carbocycles. The second kappa shape index (κ2) is 7.43. The van der Waals surface area contributed by atoms with Crippen LogP contribution in [0.5, 0.6) is 11.5 Å². The Morgan fingerprint density at radius 3 is 2.47 bits per heavy atom. The maximum Gasteiger partial charge on any atom is 0.173 e. The van der Waals surface area contributed by atoms with E-state index in [2.05, 4.69) is 31.9 Å². The van der Waals surface area contributed by atoms with Crippen LogP contribution >= 0.6 is 44.3 Å². The van der Waals surface area contributed by atoms with Crippen molar-refractivity contribution in [3.63, 3.8) is 0 Å². The lowest BCUT2D eigenvalue weighted by Crippen LogP contribution is -2.13. The van der Waals surface area contributed by atoms with E-state index in [0.717, 1.165) is 5.56 Å². The average Bonchev–Trinajstić information content (AvgIpc) is 2.27. The molecule has 0 fully saturated rings. The third-order valence-electron chi connectivity index (χ3n) is 2.23. The fraction of sp³-hybridized carbons (Fsp3) is 0.400. The Kier molecular flexibility index (Phi) is 7.43. The molecule has 17 heavy (non-hydrogen) atoms. The minimum Gasteiger partial charge on any atom is -0.503 e. The monoisotopic (exact) mass is 389 g/mol. The molecular formula is C10H14Br2ClNO3. The summed E-state index contributed by atoms with van der Waals surface area (Å²) in [6.07, 6.45) is 0.443. The van der Waals surface area contributed by atoms with Crippen LogP contribution in [0.3, 0.4) is 0 Å². The van der Waals surface area contributed by atoms with Gasteiger partial charge in [-0.3, -0.25) is 0 Å². The van der Waals surface area contributed by atoms with Gasteiger partial charge in [0.15, 0.2) is 11.5 Å². The van der Waals surface area contributed by atoms with Gasteiger partial charge in [0.25, 0.3) is 0 Å². The van der Waals surface area contributed by atoms with Crippen molar-refractivity contribution in [3.05, 3.63) is 20.6 Å². The molecule has 0 radical (unpaired) electrons. The highest BCUT2D eigenvalue weighted by Gasteiger charge is 2.18. The number of phenols is 1. The molecular weight excluding hydrogens is 377 g/mol. The summed E-state index contributed by atoms with van der Waals surface area (Å²) in [5.74, 6) is 0.368. The van der Waals surface area contributed by atoms with Crippen molar-refractivity contribution in [2.75, 3.05) is 13.7 Å². The highest BCUT2D eigenvalue weighted by molar-refractivity contribution is 9.13. The number of aliphatic hydroxyl groups is 1. The molecule has 4 N–H and O–H groups in total. The van der Waals surface area contributed by atoms with Crippen molar-refractivity contribution >= 4 is 44.3 Å². The summed E-state index contributed by atoms with van der Waals surface area (Å²) in [6, 6.07) is 1.34. The highest BCUT2D eigenvalue weighted by atomic mass is 79.9. The van der Waals surface area contributed by atoms with Gasteiger partial charge in [-0.05, 0) is 49.9 Å². The quantitative estimate of drug-likeness (QED) is 0.738. The summed E-state index contributed by atoms with van der Waals surface area (Å²) in [4.78, 5) is 0. The number of ether oxygens (including phenoxy) is 1. The SMILES string of the molecule is COc1cc(C(N)CCO)c(Br)c(Br)c1O.Cl. The first kappa shape index (κ1) is 17.0. The third kappa shape index (κ3) is 3.72. The maximum absolute atomic E-state index is 9.72. The van der Waals surface area contributed by atoms with Crippen LogP contribution in [0.25, 0.3) is 0 Å². The Bertz CT molecular complexity index is 390. The zero-order valence-corrected chi connectivity index (χ0v) is 13.1. The number of methoxy groups -OCH3 is 1. The molecule has 1 aromatic rings. The van der Waals surface area contributed by atoms with Crippen LogP contribution in [-0.4, -0.2) is 23.9 Å². The number of hydrogen-bond acceptors (Lipinski definition) is 4. The number of phenolic OH excluding ortho intramolecular Hbond substituents is 1. The number of rotatable bonds is 4. The van der Waals surface area contributed by atoms with Crippen molar-refractivity contribution in [1.82, 2.24) is 0 Å². The Balaban J connectivity index is 0.00000256. The molecule has 0 spiro atoms. The van der Waals surface area contributed by atoms with Crippen LogP contribution < -0.4 is 10.5 Å². The van der Waals surface area contributed by atoms with Crippen molar-refractivity contribution < 1.29 is 14.9 Å². The molecule has 98 valence electrons. The molecule has 0 aliphatic heterocycles. The van der Waals surface area contributed by atoms with E-state index in [1.807, 2.05) is 0 Å². The molecule has 0 aromatic heterocycles. The maximum atomic E-state index is 9.72. The number of halogens is 3. The van der Waals surface area contributed by atoms with Crippen LogP contribution in [-0.2, 0) is 0 Å². The molecule has 1 aromatic carbocycles. The van der Waals surface area contributed by atoms with Crippen molar-refractivity contribution in [1.29, 1.82) is 0 Å². The van der Waals surface area contributed by atoms with E-state index in [0.29, 0.717) is 21.1 Å². The number of hydrogen-bond donors (Lipinski definition) is 3. The summed E-state index contributed by atoms with van der Waals surface area (Å²) in [7, 11) is 1.47. The molecule has 0 amide bonds. The zero-order valence-electron chi connectivity index (χ0n) is 9.11. The first-order valence-corrected chi connectivity index (χ1v) is 6.22. The zero-order chi connectivity index (χ0) is 12.3. The lowest BCUT2D eigenvalue weighted by molar-refractivity contribution is 0.276. The summed E-state index contributed by atoms with van der Waals surface area (Å²) < 4.78 is 6.20. The molecule has 0 aliphatic rings. The number of benzene rings is 1. The van der Waals surface area contributed by atoms with E-state index in [1.54, 1.807) is 6.07 Å². The van der Waals surface area contributed by atoms with Crippen molar-refractivity contribution in [2.24, 2.45) is 5.73 Å². The Hall–Kier alpha value is -0.0100. The number of aromatic hydroxyl groups is 1. The lowest BCUT2D eigenvalue weighted by Gasteiger charge is -2.16. The number of aliphatic hydroxyl groups excluding tert-OH is 1. The Morgan fingerprint density at radius 2 is 2.00 bits per heavy atom. The van der Waals surface area contributed by atoms with Crippen LogP contribution in [0.1, 0.15) is 18.0 Å². The fourth-order valence-corrected chi connectivity index (χ4v) is 2.35. The first-order valence-electron chi connectivity index (χ1n) is 4.64. The predicted octanol–water partition coefficient (Wildman–Crippen LogP) is 2.73. The van der Waals surface area contributed by atoms with E-state index in [9.17, 15) is 5.11 Å². The highest BCUT2D eigenvalue weighted by Crippen LogP contribution is 2.43. The largest absolute Gasteiger partial charge is 0.503 e. The molecule has 1 rings (SSSR count). The van der Waals surface area contributed by atoms with Gasteiger partial charge in [-0.25, -0.2) is 0 Å². The van der Waals surface area contributed by atoms with Gasteiger partial charge in [0.2, 0.25) is 0 Å². The Labute approximate surface area is 123 Å². The van der Waals surface area contributed by atoms with Gasteiger partial charge in [-0.1, -0.05) is 0 Å². The van der Waals surface area contributed by atoms with Crippen molar-refractivity contribution in [3.8, 4) is 11.5 Å². The van der Waals surface area contributed by atoms with Gasteiger partial charge in [0, 0.05) is 17.1 Å². The molecule has 1 atom stereocenters. The van der Waals surface area contributed by atoms with Crippen LogP contribution in [0.15, 0.2) is 15.0 Å². The fourth-order valence-electron chi connectivity index (χ4n) is 1.33. The van der Waals surface area contributed by atoms with E-state index in [1.165, 1.54) is 7.11 Å². The lowest BCUT2D eigenvalue weighted by atomic mass is 10.0. The molecule has 0 bridgehead atoms. The van der Waals surface area contributed by atoms with E-state index >= 15 is 0 Å². The second-order valence-electron chi connectivity index (χ2n) is 3.26. The van der Waals surface area contributed by atoms with Gasteiger partial charge in [-0.2, -0.15) is 0 Å². The molecule has 1 unspecified atom stereocenters. The van der Waals surface area contributed by atoms with Crippen LogP contribution in [0.4, 0.5) is 0 Å². The Morgan fingerprint density at radius 1 is 1.41 bits per heavy atom. The molecule has 0 saturated carbocycles. The van der Waals surface area contributed by atoms with Crippen LogP contribution in [0.2, 0.25) is 0 Å². The van der Waals surface area contributed by atoms with Gasteiger partial charge in [0.1, 0.15) is 0 Å². The predicted molar refractivity (Wildman–Crippen MR) is 75.9 cm³/mol. The van der Waals surface area contributed by atoms with Crippen molar-refractivity contribution in [2.45, 2.75) is 12.5 Å². The summed E-state index contributed by atoms with van der Waals surface area (Å²) in [5.41, 5.74) is 6.67. The van der Waals surface area contributed by atoms with E-state index in [4.69, 9.17) is 15.6 Å². The molecule has 0 saturated heterocycles. The summed E-state index contributed by atoms with van der Waals surface area (Å²) in [6.45, 7) is 0.00835. The second-order valence-corrected chi connectivity index (χ2v) is 4.85. The topological polar surface area (TPSA) is 75.7 Å². The smallest absolute Gasteiger partial charge is 0.173 e. The normalized spacial score (nSPS) is 11.8. The van der Waals surface area contributed by atoms with Gasteiger partial charge >= 0.3 is 0 Å². The van der Waals surface area contributed by atoms with Gasteiger partial charge < -0.3 is 20.7 Å². The standard InChI is InChI=1S/C10H13Br2NO3.ClH/c1-16-7-4-5(6(13)2-3-14)8(11)9(12)10(7)15;/h4,6,14-15H,2-3,13H2,1H3;1H. The number of nitrogens with two attached hydrogens (primary N) is 1. The third-order valence-corrected chi connectivity index (χ3v) is 4.39. The first-order chi connectivity index (χ1) is 7.52. The average molecular weight is 391 g/mol. The minimum absolute atomic E-state index is 0. The minimum atomic E-state index is -0.315. The molecule has 7 heteroatoms. The summed E-state index contributed by atoms with van der Waals surface area (Å²) >= 11 is 6.59. The molecule has 4 nitrogen and oxygen atoms in total. The van der Waals surface area contributed by atoms with Gasteiger partial charge in [0.05, 0.1) is 11.6 Å². The van der Waals surface area contributed by atoms with Crippen LogP contribution in [0, 0.1) is 0 Å². The van der Waals surface area contributed by atoms with E-state index < -0.39 is 0 Å². The summed E-state index contributed by atoms with van der Waals surface area (Å²) in [5, 5.41) is 18.6. The van der Waals surface area contributed by atoms with E-state index in [-0.39, 0.29) is 30.8 Å². The molecule has 0 heterocycles. The van der Waals surface area contributed by atoms with Gasteiger partial charge in [-0.15, -0.1) is 12.4 Å².